The van der Waals surface area contributed by atoms with Gasteiger partial charge in [-0.05, 0) is 6.92 Å². The maximum absolute atomic E-state index is 11.8. The van der Waals surface area contributed by atoms with Gasteiger partial charge >= 0.3 is 5.97 Å². The molecule has 1 saturated heterocycles. The lowest BCUT2D eigenvalue weighted by Crippen LogP contribution is -2.39. The summed E-state index contributed by atoms with van der Waals surface area (Å²) in [6, 6.07) is 0. The van der Waals surface area contributed by atoms with Gasteiger partial charge < -0.3 is 10.1 Å². The lowest BCUT2D eigenvalue weighted by Gasteiger charge is -2.15. The van der Waals surface area contributed by atoms with Gasteiger partial charge in [0.1, 0.15) is 14.1 Å². The second-order valence-electron chi connectivity index (χ2n) is 5.24. The van der Waals surface area contributed by atoms with Crippen molar-refractivity contribution in [2.45, 2.75) is 17.7 Å². The fraction of sp³-hybridized carbons (Fsp3) is 0.667. The van der Waals surface area contributed by atoms with Crippen LogP contribution in [0.25, 0.3) is 0 Å². The molecule has 2 rings (SSSR count). The number of hydrogen-bond acceptors (Lipinski definition) is 6. The summed E-state index contributed by atoms with van der Waals surface area (Å²) in [5, 5.41) is 2.55. The molecule has 0 aromatic heterocycles. The van der Waals surface area contributed by atoms with E-state index in [1.165, 1.54) is 16.7 Å². The Balaban J connectivity index is 1.66. The van der Waals surface area contributed by atoms with E-state index in [0.29, 0.717) is 23.0 Å². The Hall–Kier alpha value is -0.570. The number of rotatable bonds is 6. The Labute approximate surface area is 147 Å². The summed E-state index contributed by atoms with van der Waals surface area (Å²) in [6.45, 7) is 1.71. The van der Waals surface area contributed by atoms with E-state index >= 15 is 0 Å². The van der Waals surface area contributed by atoms with Gasteiger partial charge in [-0.2, -0.15) is 0 Å². The van der Waals surface area contributed by atoms with Crippen LogP contribution in [-0.2, 0) is 19.1 Å². The van der Waals surface area contributed by atoms with Crippen LogP contribution >= 0.6 is 47.2 Å². The molecule has 2 aliphatic rings. The largest absolute Gasteiger partial charge is 0.455 e. The molecule has 2 amide bonds. The first-order chi connectivity index (χ1) is 10.2. The smallest absolute Gasteiger partial charge is 0.315 e. The Kier molecular flexibility index (Phi) is 5.26. The number of hydrogen-bond donors (Lipinski definition) is 1. The van der Waals surface area contributed by atoms with Crippen molar-refractivity contribution in [2.24, 2.45) is 5.41 Å². The maximum Gasteiger partial charge on any atom is 0.315 e. The first-order valence-electron chi connectivity index (χ1n) is 6.46. The minimum Gasteiger partial charge on any atom is -0.455 e. The third kappa shape index (κ3) is 3.67. The van der Waals surface area contributed by atoms with Crippen molar-refractivity contribution < 1.29 is 19.1 Å². The first kappa shape index (κ1) is 17.8. The molecule has 1 saturated carbocycles. The zero-order valence-electron chi connectivity index (χ0n) is 11.7. The molecule has 122 valence electrons. The number of thiocarbonyl (C=S) groups is 1. The number of ether oxygens (including phenoxy) is 1. The van der Waals surface area contributed by atoms with Gasteiger partial charge in [0.2, 0.25) is 5.91 Å². The van der Waals surface area contributed by atoms with Crippen molar-refractivity contribution in [2.75, 3.05) is 25.4 Å². The fourth-order valence-corrected chi connectivity index (χ4v) is 3.68. The summed E-state index contributed by atoms with van der Waals surface area (Å²) in [5.74, 6) is -0.794. The van der Waals surface area contributed by atoms with E-state index in [4.69, 9.17) is 40.2 Å². The standard InChI is InChI=1S/C12H14Cl2N2O4S2/c1-11(6-12(11,13)14)9(19)20-4-7(17)15-2-3-16-8(18)5-22-10(16)21/h2-6H2,1H3,(H,15,17)/t11-/m1/s1. The molecule has 0 bridgehead atoms. The number of alkyl halides is 2. The van der Waals surface area contributed by atoms with Crippen LogP contribution in [0.3, 0.4) is 0 Å². The van der Waals surface area contributed by atoms with Crippen LogP contribution in [0.1, 0.15) is 13.3 Å². The Bertz CT molecular complexity index is 527. The molecule has 22 heavy (non-hydrogen) atoms. The van der Waals surface area contributed by atoms with Crippen LogP contribution in [0.5, 0.6) is 0 Å². The van der Waals surface area contributed by atoms with Crippen molar-refractivity contribution in [1.29, 1.82) is 0 Å². The topological polar surface area (TPSA) is 75.7 Å². The van der Waals surface area contributed by atoms with E-state index in [2.05, 4.69) is 5.32 Å². The average Bonchev–Trinajstić information content (AvgIpc) is 2.81. The molecule has 6 nitrogen and oxygen atoms in total. The molecule has 0 aromatic carbocycles. The predicted molar refractivity (Wildman–Crippen MR) is 87.9 cm³/mol. The highest BCUT2D eigenvalue weighted by Gasteiger charge is 2.69. The monoisotopic (exact) mass is 384 g/mol. The van der Waals surface area contributed by atoms with Crippen molar-refractivity contribution >= 4 is 69.3 Å². The highest BCUT2D eigenvalue weighted by atomic mass is 35.5. The van der Waals surface area contributed by atoms with Crippen molar-refractivity contribution in [3.05, 3.63) is 0 Å². The molecule has 2 fully saturated rings. The number of halogens is 2. The molecular formula is C12H14Cl2N2O4S2. The van der Waals surface area contributed by atoms with Gasteiger partial charge in [0.15, 0.2) is 6.61 Å². The van der Waals surface area contributed by atoms with E-state index in [1.54, 1.807) is 6.92 Å². The van der Waals surface area contributed by atoms with Crippen molar-refractivity contribution in [3.63, 3.8) is 0 Å². The van der Waals surface area contributed by atoms with Crippen LogP contribution in [-0.4, -0.2) is 56.8 Å². The van der Waals surface area contributed by atoms with Crippen molar-refractivity contribution in [3.8, 4) is 0 Å². The van der Waals surface area contributed by atoms with E-state index in [1.807, 2.05) is 0 Å². The summed E-state index contributed by atoms with van der Waals surface area (Å²) in [7, 11) is 0. The minimum absolute atomic E-state index is 0.0714. The van der Waals surface area contributed by atoms with Crippen LogP contribution in [0, 0.1) is 5.41 Å². The second kappa shape index (κ2) is 6.51. The molecule has 0 unspecified atom stereocenters. The Morgan fingerprint density at radius 2 is 2.14 bits per heavy atom. The summed E-state index contributed by atoms with van der Waals surface area (Å²) in [4.78, 5) is 36.3. The molecule has 0 radical (unpaired) electrons. The molecule has 0 aromatic rings. The Morgan fingerprint density at radius 1 is 1.50 bits per heavy atom. The number of amides is 2. The number of thioether (sulfide) groups is 1. The Morgan fingerprint density at radius 3 is 2.64 bits per heavy atom. The van der Waals surface area contributed by atoms with Crippen LogP contribution in [0.15, 0.2) is 0 Å². The third-order valence-corrected chi connectivity index (χ3v) is 6.07. The normalized spacial score (nSPS) is 26.0. The van der Waals surface area contributed by atoms with Crippen LogP contribution in [0.2, 0.25) is 0 Å². The predicted octanol–water partition coefficient (Wildman–Crippen LogP) is 1.09. The fourth-order valence-electron chi connectivity index (χ4n) is 1.87. The molecule has 1 aliphatic heterocycles. The van der Waals surface area contributed by atoms with E-state index in [0.717, 1.165) is 0 Å². The number of nitrogens with one attached hydrogen (secondary N) is 1. The molecule has 10 heteroatoms. The summed E-state index contributed by atoms with van der Waals surface area (Å²) in [6.07, 6.45) is 0.301. The molecule has 1 N–H and O–H groups in total. The van der Waals surface area contributed by atoms with Crippen molar-refractivity contribution in [1.82, 2.24) is 10.2 Å². The van der Waals surface area contributed by atoms with Gasteiger partial charge in [-0.15, -0.1) is 23.2 Å². The van der Waals surface area contributed by atoms with Gasteiger partial charge in [0.25, 0.3) is 5.91 Å². The zero-order valence-corrected chi connectivity index (χ0v) is 14.8. The number of carbonyl (C=O) groups excluding carboxylic acids is 3. The molecule has 1 heterocycles. The lowest BCUT2D eigenvalue weighted by molar-refractivity contribution is -0.153. The van der Waals surface area contributed by atoms with Gasteiger partial charge in [-0.1, -0.05) is 24.0 Å². The number of esters is 1. The average molecular weight is 385 g/mol. The zero-order chi connectivity index (χ0) is 16.5. The summed E-state index contributed by atoms with van der Waals surface area (Å²) in [5.41, 5.74) is -0.957. The number of carbonyl (C=O) groups is 3. The minimum atomic E-state index is -1.12. The lowest BCUT2D eigenvalue weighted by atomic mass is 10.1. The van der Waals surface area contributed by atoms with E-state index in [9.17, 15) is 14.4 Å². The van der Waals surface area contributed by atoms with Gasteiger partial charge in [0.05, 0.1) is 5.75 Å². The van der Waals surface area contributed by atoms with Crippen LogP contribution in [0.4, 0.5) is 0 Å². The van der Waals surface area contributed by atoms with E-state index in [-0.39, 0.29) is 12.5 Å². The maximum atomic E-state index is 11.8. The third-order valence-electron chi connectivity index (χ3n) is 3.54. The summed E-state index contributed by atoms with van der Waals surface area (Å²) >= 11 is 18.0. The van der Waals surface area contributed by atoms with Gasteiger partial charge in [-0.25, -0.2) is 0 Å². The molecule has 1 atom stereocenters. The second-order valence-corrected chi connectivity index (χ2v) is 8.33. The highest BCUT2D eigenvalue weighted by Crippen LogP contribution is 2.64. The molecular weight excluding hydrogens is 371 g/mol. The van der Waals surface area contributed by atoms with Gasteiger partial charge in [0, 0.05) is 19.5 Å². The quantitative estimate of drug-likeness (QED) is 0.419. The summed E-state index contributed by atoms with van der Waals surface area (Å²) < 4.78 is 4.29. The number of nitrogens with zero attached hydrogens (tertiary/aromatic N) is 1. The SMILES string of the molecule is C[C@]1(C(=O)OCC(=O)NCCN2C(=O)CSC2=S)CC1(Cl)Cl. The first-order valence-corrected chi connectivity index (χ1v) is 8.61. The van der Waals surface area contributed by atoms with Gasteiger partial charge in [-0.3, -0.25) is 19.3 Å². The van der Waals surface area contributed by atoms with Crippen LogP contribution < -0.4 is 5.32 Å². The van der Waals surface area contributed by atoms with E-state index < -0.39 is 28.2 Å². The molecule has 1 aliphatic carbocycles. The highest BCUT2D eigenvalue weighted by molar-refractivity contribution is 8.23. The molecule has 0 spiro atoms.